The third kappa shape index (κ3) is 4.40. The molecular weight excluding hydrogens is 246 g/mol. The van der Waals surface area contributed by atoms with E-state index in [1.165, 1.54) is 14.2 Å². The Bertz CT molecular complexity index is 353. The molecule has 2 atom stereocenters. The number of esters is 1. The lowest BCUT2D eigenvalue weighted by Crippen LogP contribution is -2.45. The molecule has 1 aliphatic carbocycles. The van der Waals surface area contributed by atoms with Gasteiger partial charge in [-0.25, -0.2) is 4.79 Å². The summed E-state index contributed by atoms with van der Waals surface area (Å²) in [6.07, 6.45) is 2.08. The number of carbonyl (C=O) groups excluding carboxylic acids is 2. The SMILES string of the molecule is COC(=O)NCC1(C)CC(C(=O)OC)CC(C)(C)C1. The molecule has 1 aliphatic rings. The van der Waals surface area contributed by atoms with Gasteiger partial charge in [0.25, 0.3) is 0 Å². The van der Waals surface area contributed by atoms with Gasteiger partial charge >= 0.3 is 12.1 Å². The van der Waals surface area contributed by atoms with Gasteiger partial charge in [0.05, 0.1) is 20.1 Å². The molecule has 5 nitrogen and oxygen atoms in total. The van der Waals surface area contributed by atoms with E-state index in [-0.39, 0.29) is 22.7 Å². The van der Waals surface area contributed by atoms with Crippen LogP contribution >= 0.6 is 0 Å². The Hall–Kier alpha value is -1.26. The summed E-state index contributed by atoms with van der Waals surface area (Å²) in [6.45, 7) is 6.91. The van der Waals surface area contributed by atoms with Crippen molar-refractivity contribution in [1.82, 2.24) is 5.32 Å². The van der Waals surface area contributed by atoms with Crippen LogP contribution in [0.15, 0.2) is 0 Å². The van der Waals surface area contributed by atoms with Crippen molar-refractivity contribution in [3.05, 3.63) is 0 Å². The zero-order valence-corrected chi connectivity index (χ0v) is 12.5. The van der Waals surface area contributed by atoms with Gasteiger partial charge in [-0.05, 0) is 30.1 Å². The van der Waals surface area contributed by atoms with Gasteiger partial charge in [0, 0.05) is 6.54 Å². The van der Waals surface area contributed by atoms with E-state index >= 15 is 0 Å². The van der Waals surface area contributed by atoms with Crippen molar-refractivity contribution in [3.8, 4) is 0 Å². The quantitative estimate of drug-likeness (QED) is 0.800. The Morgan fingerprint density at radius 3 is 2.32 bits per heavy atom. The maximum Gasteiger partial charge on any atom is 0.406 e. The fourth-order valence-corrected chi connectivity index (χ4v) is 3.46. The summed E-state index contributed by atoms with van der Waals surface area (Å²) in [4.78, 5) is 23.0. The first-order valence-electron chi connectivity index (χ1n) is 6.61. The molecule has 0 bridgehead atoms. The van der Waals surface area contributed by atoms with Crippen LogP contribution in [0.25, 0.3) is 0 Å². The first-order chi connectivity index (χ1) is 8.71. The Balaban J connectivity index is 2.75. The predicted molar refractivity (Wildman–Crippen MR) is 71.7 cm³/mol. The van der Waals surface area contributed by atoms with Gasteiger partial charge in [-0.1, -0.05) is 20.8 Å². The number of methoxy groups -OCH3 is 2. The molecule has 0 aliphatic heterocycles. The van der Waals surface area contributed by atoms with E-state index in [9.17, 15) is 9.59 Å². The Morgan fingerprint density at radius 2 is 1.79 bits per heavy atom. The number of hydrogen-bond donors (Lipinski definition) is 1. The summed E-state index contributed by atoms with van der Waals surface area (Å²) in [6, 6.07) is 0. The summed E-state index contributed by atoms with van der Waals surface area (Å²) in [5, 5.41) is 2.74. The summed E-state index contributed by atoms with van der Waals surface area (Å²) < 4.78 is 9.46. The third-order valence-electron chi connectivity index (χ3n) is 3.82. The fraction of sp³-hybridized carbons (Fsp3) is 0.857. The van der Waals surface area contributed by atoms with Gasteiger partial charge in [-0.3, -0.25) is 4.79 Å². The van der Waals surface area contributed by atoms with Gasteiger partial charge in [0.1, 0.15) is 0 Å². The minimum atomic E-state index is -0.431. The molecular formula is C14H25NO4. The van der Waals surface area contributed by atoms with E-state index in [2.05, 4.69) is 30.8 Å². The molecule has 0 spiro atoms. The third-order valence-corrected chi connectivity index (χ3v) is 3.82. The van der Waals surface area contributed by atoms with Crippen LogP contribution in [-0.2, 0) is 14.3 Å². The van der Waals surface area contributed by atoms with Crippen LogP contribution in [0.1, 0.15) is 40.0 Å². The molecule has 0 heterocycles. The lowest BCUT2D eigenvalue weighted by atomic mass is 9.60. The van der Waals surface area contributed by atoms with Gasteiger partial charge < -0.3 is 14.8 Å². The highest BCUT2D eigenvalue weighted by Crippen LogP contribution is 2.48. The van der Waals surface area contributed by atoms with Crippen molar-refractivity contribution >= 4 is 12.1 Å². The van der Waals surface area contributed by atoms with Gasteiger partial charge in [0.15, 0.2) is 0 Å². The average Bonchev–Trinajstić information content (AvgIpc) is 2.32. The normalized spacial score (nSPS) is 29.4. The Labute approximate surface area is 115 Å². The molecule has 0 aromatic heterocycles. The van der Waals surface area contributed by atoms with Gasteiger partial charge in [0.2, 0.25) is 0 Å². The highest BCUT2D eigenvalue weighted by Gasteiger charge is 2.44. The Morgan fingerprint density at radius 1 is 1.16 bits per heavy atom. The predicted octanol–water partition coefficient (Wildman–Crippen LogP) is 2.35. The monoisotopic (exact) mass is 271 g/mol. The average molecular weight is 271 g/mol. The van der Waals surface area contributed by atoms with Crippen molar-refractivity contribution in [1.29, 1.82) is 0 Å². The van der Waals surface area contributed by atoms with Crippen LogP contribution in [0, 0.1) is 16.7 Å². The second-order valence-corrected chi connectivity index (χ2v) is 6.63. The van der Waals surface area contributed by atoms with Crippen molar-refractivity contribution < 1.29 is 19.1 Å². The lowest BCUT2D eigenvalue weighted by Gasteiger charge is -2.45. The van der Waals surface area contributed by atoms with Crippen molar-refractivity contribution in [2.75, 3.05) is 20.8 Å². The molecule has 0 aromatic rings. The standard InChI is InChI=1S/C14H25NO4/c1-13(2)6-10(11(16)18-4)7-14(3,8-13)9-15-12(17)19-5/h10H,6-9H2,1-5H3,(H,15,17). The topological polar surface area (TPSA) is 64.6 Å². The largest absolute Gasteiger partial charge is 0.469 e. The molecule has 1 amide bonds. The van der Waals surface area contributed by atoms with Crippen LogP contribution < -0.4 is 5.32 Å². The number of nitrogens with one attached hydrogen (secondary N) is 1. The molecule has 0 radical (unpaired) electrons. The zero-order chi connectivity index (χ0) is 14.7. The first kappa shape index (κ1) is 15.8. The first-order valence-corrected chi connectivity index (χ1v) is 6.61. The molecule has 2 unspecified atom stereocenters. The number of carbonyl (C=O) groups is 2. The minimum absolute atomic E-state index is 0.0592. The molecule has 1 rings (SSSR count). The Kier molecular flexibility index (Phi) is 4.82. The van der Waals surface area contributed by atoms with E-state index in [0.29, 0.717) is 6.54 Å². The maximum absolute atomic E-state index is 11.8. The van der Waals surface area contributed by atoms with E-state index in [0.717, 1.165) is 19.3 Å². The minimum Gasteiger partial charge on any atom is -0.469 e. The van der Waals surface area contributed by atoms with Crippen molar-refractivity contribution in [3.63, 3.8) is 0 Å². The molecule has 0 saturated heterocycles. The fourth-order valence-electron chi connectivity index (χ4n) is 3.46. The van der Waals surface area contributed by atoms with Gasteiger partial charge in [-0.15, -0.1) is 0 Å². The van der Waals surface area contributed by atoms with Crippen LogP contribution in [-0.4, -0.2) is 32.8 Å². The summed E-state index contributed by atoms with van der Waals surface area (Å²) in [5.74, 6) is -0.254. The number of ether oxygens (including phenoxy) is 2. The molecule has 0 aromatic carbocycles. The van der Waals surface area contributed by atoms with Gasteiger partial charge in [-0.2, -0.15) is 0 Å². The molecule has 1 saturated carbocycles. The second-order valence-electron chi connectivity index (χ2n) is 6.63. The van der Waals surface area contributed by atoms with E-state index < -0.39 is 6.09 Å². The van der Waals surface area contributed by atoms with Crippen molar-refractivity contribution in [2.45, 2.75) is 40.0 Å². The molecule has 19 heavy (non-hydrogen) atoms. The van der Waals surface area contributed by atoms with Crippen LogP contribution in [0.3, 0.4) is 0 Å². The molecule has 110 valence electrons. The summed E-state index contributed by atoms with van der Waals surface area (Å²) >= 11 is 0. The van der Waals surface area contributed by atoms with E-state index in [1.54, 1.807) is 0 Å². The zero-order valence-electron chi connectivity index (χ0n) is 12.5. The van der Waals surface area contributed by atoms with Crippen LogP contribution in [0.2, 0.25) is 0 Å². The van der Waals surface area contributed by atoms with Crippen molar-refractivity contribution in [2.24, 2.45) is 16.7 Å². The maximum atomic E-state index is 11.8. The highest BCUT2D eigenvalue weighted by molar-refractivity contribution is 5.72. The number of alkyl carbamates (subject to hydrolysis) is 1. The summed E-state index contributed by atoms with van der Waals surface area (Å²) in [7, 11) is 2.77. The second kappa shape index (κ2) is 5.80. The van der Waals surface area contributed by atoms with Crippen LogP contribution in [0.4, 0.5) is 4.79 Å². The number of rotatable bonds is 3. The summed E-state index contributed by atoms with van der Waals surface area (Å²) in [5.41, 5.74) is -0.0571. The molecule has 5 heteroatoms. The van der Waals surface area contributed by atoms with E-state index in [1.807, 2.05) is 0 Å². The van der Waals surface area contributed by atoms with E-state index in [4.69, 9.17) is 4.74 Å². The lowest BCUT2D eigenvalue weighted by molar-refractivity contribution is -0.150. The molecule has 1 N–H and O–H groups in total. The number of amides is 1. The van der Waals surface area contributed by atoms with Crippen LogP contribution in [0.5, 0.6) is 0 Å². The highest BCUT2D eigenvalue weighted by atomic mass is 16.5. The smallest absolute Gasteiger partial charge is 0.406 e. The number of hydrogen-bond acceptors (Lipinski definition) is 4. The molecule has 1 fully saturated rings.